The number of nitrogens with one attached hydrogen (secondary N) is 1. The molecule has 9 rings (SSSR count). The van der Waals surface area contributed by atoms with Gasteiger partial charge in [-0.2, -0.15) is 0 Å². The van der Waals surface area contributed by atoms with Crippen molar-refractivity contribution < 1.29 is 8.83 Å². The van der Waals surface area contributed by atoms with E-state index in [4.69, 9.17) is 8.83 Å². The lowest BCUT2D eigenvalue weighted by atomic mass is 9.97. The van der Waals surface area contributed by atoms with Gasteiger partial charge in [-0.3, -0.25) is 0 Å². The first-order chi connectivity index (χ1) is 21.3. The fraction of sp³-hybridized carbons (Fsp3) is 0. The van der Waals surface area contributed by atoms with Crippen LogP contribution in [0.2, 0.25) is 0 Å². The molecule has 0 unspecified atom stereocenters. The van der Waals surface area contributed by atoms with Crippen molar-refractivity contribution in [3.8, 4) is 22.3 Å². The average Bonchev–Trinajstić information content (AvgIpc) is 3.63. The van der Waals surface area contributed by atoms with E-state index in [0.717, 1.165) is 60.8 Å². The summed E-state index contributed by atoms with van der Waals surface area (Å²) in [6, 6.07) is 50.8. The first-order valence-electron chi connectivity index (χ1n) is 14.5. The lowest BCUT2D eigenvalue weighted by Crippen LogP contribution is -1.91. The fourth-order valence-corrected chi connectivity index (χ4v) is 6.49. The van der Waals surface area contributed by atoms with Crippen LogP contribution in [0.25, 0.3) is 76.9 Å². The number of rotatable bonds is 4. The minimum absolute atomic E-state index is 0.858. The van der Waals surface area contributed by atoms with Gasteiger partial charge in [0.15, 0.2) is 0 Å². The molecule has 0 radical (unpaired) electrons. The Morgan fingerprint density at radius 3 is 1.95 bits per heavy atom. The molecule has 0 aliphatic carbocycles. The molecule has 0 fully saturated rings. The zero-order valence-corrected chi connectivity index (χ0v) is 23.2. The van der Waals surface area contributed by atoms with E-state index in [-0.39, 0.29) is 0 Å². The molecule has 202 valence electrons. The van der Waals surface area contributed by atoms with Gasteiger partial charge in [0, 0.05) is 21.8 Å². The first-order valence-corrected chi connectivity index (χ1v) is 14.5. The van der Waals surface area contributed by atoms with Crippen LogP contribution in [0.15, 0.2) is 154 Å². The van der Waals surface area contributed by atoms with Gasteiger partial charge in [0.25, 0.3) is 0 Å². The smallest absolute Gasteiger partial charge is 0.137 e. The third-order valence-corrected chi connectivity index (χ3v) is 8.45. The van der Waals surface area contributed by atoms with Crippen molar-refractivity contribution in [2.45, 2.75) is 0 Å². The topological polar surface area (TPSA) is 38.3 Å². The van der Waals surface area contributed by atoms with Gasteiger partial charge in [0.05, 0.1) is 11.1 Å². The van der Waals surface area contributed by atoms with E-state index in [9.17, 15) is 0 Å². The van der Waals surface area contributed by atoms with Gasteiger partial charge in [-0.25, -0.2) is 0 Å². The van der Waals surface area contributed by atoms with Crippen molar-refractivity contribution in [3.63, 3.8) is 0 Å². The Morgan fingerprint density at radius 1 is 0.395 bits per heavy atom. The molecule has 0 saturated carbocycles. The largest absolute Gasteiger partial charge is 0.456 e. The van der Waals surface area contributed by atoms with Crippen LogP contribution in [0.3, 0.4) is 0 Å². The van der Waals surface area contributed by atoms with Gasteiger partial charge in [0.1, 0.15) is 22.3 Å². The summed E-state index contributed by atoms with van der Waals surface area (Å²) in [6.07, 6.45) is 0. The molecule has 43 heavy (non-hydrogen) atoms. The van der Waals surface area contributed by atoms with Crippen molar-refractivity contribution in [1.82, 2.24) is 0 Å². The van der Waals surface area contributed by atoms with E-state index in [0.29, 0.717) is 0 Å². The molecular weight excluding hydrogens is 526 g/mol. The average molecular weight is 552 g/mol. The van der Waals surface area contributed by atoms with Crippen molar-refractivity contribution in [1.29, 1.82) is 0 Å². The van der Waals surface area contributed by atoms with Crippen LogP contribution in [-0.4, -0.2) is 0 Å². The van der Waals surface area contributed by atoms with Crippen LogP contribution in [-0.2, 0) is 0 Å². The van der Waals surface area contributed by atoms with E-state index in [1.54, 1.807) is 0 Å². The summed E-state index contributed by atoms with van der Waals surface area (Å²) < 4.78 is 12.6. The second-order valence-corrected chi connectivity index (χ2v) is 11.0. The van der Waals surface area contributed by atoms with E-state index in [1.165, 1.54) is 27.5 Å². The van der Waals surface area contributed by atoms with Crippen molar-refractivity contribution in [2.75, 3.05) is 5.32 Å². The highest BCUT2D eigenvalue weighted by Gasteiger charge is 2.16. The standard InChI is InChI=1S/C40H25NO2/c1-2-9-26(10-3-1)31-15-7-17-37-39(31)33-24-28(20-22-36(33)42-37)41-34-16-8-18-38-40(34)32-23-27(19-21-35(32)43-38)30-14-6-12-25-11-4-5-13-29(25)30/h1-24,41H. The molecule has 2 heterocycles. The van der Waals surface area contributed by atoms with Crippen LogP contribution in [0, 0.1) is 0 Å². The van der Waals surface area contributed by atoms with Crippen LogP contribution in [0.1, 0.15) is 0 Å². The maximum atomic E-state index is 6.33. The molecule has 1 N–H and O–H groups in total. The van der Waals surface area contributed by atoms with Crippen molar-refractivity contribution >= 4 is 66.0 Å². The van der Waals surface area contributed by atoms with Crippen LogP contribution >= 0.6 is 0 Å². The summed E-state index contributed by atoms with van der Waals surface area (Å²) in [4.78, 5) is 0. The molecule has 3 heteroatoms. The molecule has 2 aromatic heterocycles. The normalized spacial score (nSPS) is 11.7. The molecule has 0 amide bonds. The maximum absolute atomic E-state index is 6.33. The van der Waals surface area contributed by atoms with Gasteiger partial charge in [0.2, 0.25) is 0 Å². The first kappa shape index (κ1) is 23.9. The number of fused-ring (bicyclic) bond motifs is 7. The Hall–Kier alpha value is -5.80. The molecule has 3 nitrogen and oxygen atoms in total. The number of hydrogen-bond acceptors (Lipinski definition) is 3. The van der Waals surface area contributed by atoms with Gasteiger partial charge in [-0.05, 0) is 81.6 Å². The maximum Gasteiger partial charge on any atom is 0.137 e. The lowest BCUT2D eigenvalue weighted by molar-refractivity contribution is 0.668. The van der Waals surface area contributed by atoms with E-state index in [1.807, 2.05) is 24.3 Å². The molecule has 0 saturated heterocycles. The zero-order valence-electron chi connectivity index (χ0n) is 23.2. The summed E-state index contributed by atoms with van der Waals surface area (Å²) in [5.74, 6) is 0. The minimum atomic E-state index is 0.858. The van der Waals surface area contributed by atoms with Gasteiger partial charge >= 0.3 is 0 Å². The highest BCUT2D eigenvalue weighted by Crippen LogP contribution is 2.41. The molecule has 0 aliphatic rings. The number of anilines is 2. The molecule has 0 bridgehead atoms. The number of hydrogen-bond donors (Lipinski definition) is 1. The third-order valence-electron chi connectivity index (χ3n) is 8.45. The molecule has 0 atom stereocenters. The molecular formula is C40H25NO2. The molecule has 7 aromatic carbocycles. The Labute approximate surface area is 247 Å². The monoisotopic (exact) mass is 551 g/mol. The lowest BCUT2D eigenvalue weighted by Gasteiger charge is -2.09. The summed E-state index contributed by atoms with van der Waals surface area (Å²) in [5.41, 5.74) is 10.2. The Morgan fingerprint density at radius 2 is 1.07 bits per heavy atom. The SMILES string of the molecule is c1ccc(-c2cccc3oc4ccc(Nc5cccc6oc7ccc(-c8cccc9ccccc89)cc7c56)cc4c23)cc1. The quantitative estimate of drug-likeness (QED) is 0.236. The Balaban J connectivity index is 1.19. The van der Waals surface area contributed by atoms with Crippen molar-refractivity contribution in [3.05, 3.63) is 146 Å². The highest BCUT2D eigenvalue weighted by atomic mass is 16.3. The van der Waals surface area contributed by atoms with Gasteiger partial charge in [-0.15, -0.1) is 0 Å². The van der Waals surface area contributed by atoms with E-state index < -0.39 is 0 Å². The fourth-order valence-electron chi connectivity index (χ4n) is 6.49. The highest BCUT2D eigenvalue weighted by molar-refractivity contribution is 6.15. The number of furan rings is 2. The van der Waals surface area contributed by atoms with Gasteiger partial charge in [-0.1, -0.05) is 97.1 Å². The summed E-state index contributed by atoms with van der Waals surface area (Å²) >= 11 is 0. The Kier molecular flexibility index (Phi) is 5.20. The number of benzene rings is 7. The molecule has 0 spiro atoms. The van der Waals surface area contributed by atoms with Crippen LogP contribution in [0.4, 0.5) is 11.4 Å². The molecule has 9 aromatic rings. The van der Waals surface area contributed by atoms with E-state index >= 15 is 0 Å². The van der Waals surface area contributed by atoms with Crippen LogP contribution in [0.5, 0.6) is 0 Å². The third kappa shape index (κ3) is 3.83. The second kappa shape index (κ2) is 9.37. The van der Waals surface area contributed by atoms with Crippen LogP contribution < -0.4 is 5.32 Å². The zero-order chi connectivity index (χ0) is 28.3. The van der Waals surface area contributed by atoms with Crippen molar-refractivity contribution in [2.24, 2.45) is 0 Å². The predicted octanol–water partition coefficient (Wildman–Crippen LogP) is 11.7. The second-order valence-electron chi connectivity index (χ2n) is 11.0. The van der Waals surface area contributed by atoms with E-state index in [2.05, 4.69) is 127 Å². The van der Waals surface area contributed by atoms with Gasteiger partial charge < -0.3 is 14.2 Å². The summed E-state index contributed by atoms with van der Waals surface area (Å²) in [5, 5.41) is 10.6. The Bertz CT molecular complexity index is 2480. The summed E-state index contributed by atoms with van der Waals surface area (Å²) in [7, 11) is 0. The summed E-state index contributed by atoms with van der Waals surface area (Å²) in [6.45, 7) is 0. The minimum Gasteiger partial charge on any atom is -0.456 e. The molecule has 0 aliphatic heterocycles. The predicted molar refractivity (Wildman–Crippen MR) is 179 cm³/mol.